The van der Waals surface area contributed by atoms with Gasteiger partial charge in [-0.3, -0.25) is 0 Å². The number of halogens is 3. The van der Waals surface area contributed by atoms with E-state index in [9.17, 15) is 18.3 Å². The summed E-state index contributed by atoms with van der Waals surface area (Å²) in [6.45, 7) is 1.47. The monoisotopic (exact) mass is 221 g/mol. The zero-order valence-electron chi connectivity index (χ0n) is 8.51. The van der Waals surface area contributed by atoms with Crippen LogP contribution in [0.15, 0.2) is 0 Å². The molecule has 5 heteroatoms. The van der Waals surface area contributed by atoms with E-state index in [1.165, 1.54) is 6.92 Å². The number of hydrogen-bond acceptors (Lipinski definition) is 2. The van der Waals surface area contributed by atoms with Gasteiger partial charge in [0.25, 0.3) is 0 Å². The third-order valence-corrected chi connectivity index (χ3v) is 3.22. The summed E-state index contributed by atoms with van der Waals surface area (Å²) in [7, 11) is 0. The number of nitriles is 1. The van der Waals surface area contributed by atoms with E-state index < -0.39 is 23.6 Å². The van der Waals surface area contributed by atoms with Crippen LogP contribution in [0.2, 0.25) is 0 Å². The summed E-state index contributed by atoms with van der Waals surface area (Å²) >= 11 is 0. The van der Waals surface area contributed by atoms with Gasteiger partial charge in [-0.2, -0.15) is 18.4 Å². The summed E-state index contributed by atoms with van der Waals surface area (Å²) < 4.78 is 37.4. The molecule has 0 bridgehead atoms. The van der Waals surface area contributed by atoms with E-state index in [1.54, 1.807) is 0 Å². The van der Waals surface area contributed by atoms with Crippen molar-refractivity contribution in [2.45, 2.75) is 44.4 Å². The molecule has 0 aromatic heterocycles. The number of rotatable bonds is 1. The van der Waals surface area contributed by atoms with E-state index in [4.69, 9.17) is 5.26 Å². The van der Waals surface area contributed by atoms with Crippen molar-refractivity contribution in [3.8, 4) is 6.07 Å². The van der Waals surface area contributed by atoms with Crippen LogP contribution in [0, 0.1) is 23.2 Å². The maximum absolute atomic E-state index is 12.5. The minimum atomic E-state index is -4.26. The summed E-state index contributed by atoms with van der Waals surface area (Å²) in [4.78, 5) is 0. The fourth-order valence-electron chi connectivity index (χ4n) is 2.08. The topological polar surface area (TPSA) is 44.0 Å². The van der Waals surface area contributed by atoms with Crippen LogP contribution in [-0.2, 0) is 0 Å². The predicted octanol–water partition coefficient (Wildman–Crippen LogP) is 2.63. The summed E-state index contributed by atoms with van der Waals surface area (Å²) in [5.41, 5.74) is -1.47. The predicted molar refractivity (Wildman–Crippen MR) is 47.7 cm³/mol. The smallest absolute Gasteiger partial charge is 0.389 e. The van der Waals surface area contributed by atoms with Gasteiger partial charge in [0.05, 0.1) is 23.5 Å². The van der Waals surface area contributed by atoms with Crippen LogP contribution in [0.25, 0.3) is 0 Å². The van der Waals surface area contributed by atoms with Crippen molar-refractivity contribution >= 4 is 0 Å². The molecule has 2 nitrogen and oxygen atoms in total. The summed E-state index contributed by atoms with van der Waals surface area (Å²) in [5, 5.41) is 18.6. The van der Waals surface area contributed by atoms with E-state index >= 15 is 0 Å². The summed E-state index contributed by atoms with van der Waals surface area (Å²) in [6, 6.07) is 1.83. The lowest BCUT2D eigenvalue weighted by Crippen LogP contribution is -2.44. The van der Waals surface area contributed by atoms with Gasteiger partial charge in [-0.1, -0.05) is 0 Å². The van der Waals surface area contributed by atoms with Crippen molar-refractivity contribution in [1.29, 1.82) is 5.26 Å². The van der Waals surface area contributed by atoms with Crippen molar-refractivity contribution in [3.63, 3.8) is 0 Å². The van der Waals surface area contributed by atoms with Gasteiger partial charge in [0.1, 0.15) is 0 Å². The van der Waals surface area contributed by atoms with E-state index in [2.05, 4.69) is 0 Å². The zero-order valence-corrected chi connectivity index (χ0v) is 8.51. The second-order valence-electron chi connectivity index (χ2n) is 4.29. The number of aliphatic hydroxyl groups is 1. The molecule has 1 rings (SSSR count). The Morgan fingerprint density at radius 2 is 2.13 bits per heavy atom. The Balaban J connectivity index is 2.76. The molecule has 0 amide bonds. The highest BCUT2D eigenvalue weighted by Gasteiger charge is 2.48. The minimum Gasteiger partial charge on any atom is -0.389 e. The summed E-state index contributed by atoms with van der Waals surface area (Å²) in [6.07, 6.45) is -3.93. The lowest BCUT2D eigenvalue weighted by molar-refractivity contribution is -0.203. The van der Waals surface area contributed by atoms with E-state index in [-0.39, 0.29) is 19.3 Å². The minimum absolute atomic E-state index is 0.0595. The molecule has 15 heavy (non-hydrogen) atoms. The molecule has 1 N–H and O–H groups in total. The fraction of sp³-hybridized carbons (Fsp3) is 0.900. The molecule has 0 aromatic rings. The van der Waals surface area contributed by atoms with Gasteiger partial charge < -0.3 is 5.11 Å². The van der Waals surface area contributed by atoms with Crippen LogP contribution in [0.1, 0.15) is 32.6 Å². The van der Waals surface area contributed by atoms with Gasteiger partial charge in [0.15, 0.2) is 0 Å². The SMILES string of the molecule is CC(C#N)C1(O)CCCC(C(F)(F)F)C1. The molecule has 1 aliphatic rings. The van der Waals surface area contributed by atoms with Crippen molar-refractivity contribution < 1.29 is 18.3 Å². The first-order valence-electron chi connectivity index (χ1n) is 4.98. The fourth-order valence-corrected chi connectivity index (χ4v) is 2.08. The lowest BCUT2D eigenvalue weighted by Gasteiger charge is -2.39. The Bertz CT molecular complexity index is 271. The van der Waals surface area contributed by atoms with Crippen LogP contribution in [0.4, 0.5) is 13.2 Å². The summed E-state index contributed by atoms with van der Waals surface area (Å²) in [5.74, 6) is -2.21. The zero-order chi connectivity index (χ0) is 11.7. The highest BCUT2D eigenvalue weighted by atomic mass is 19.4. The van der Waals surface area contributed by atoms with Crippen LogP contribution in [-0.4, -0.2) is 16.9 Å². The quantitative estimate of drug-likeness (QED) is 0.739. The molecule has 0 radical (unpaired) electrons. The van der Waals surface area contributed by atoms with Crippen molar-refractivity contribution in [2.75, 3.05) is 0 Å². The molecule has 3 atom stereocenters. The molecule has 86 valence electrons. The van der Waals surface area contributed by atoms with E-state index in [1.807, 2.05) is 6.07 Å². The Morgan fingerprint density at radius 3 is 2.60 bits per heavy atom. The first kappa shape index (κ1) is 12.3. The van der Waals surface area contributed by atoms with Crippen molar-refractivity contribution in [1.82, 2.24) is 0 Å². The van der Waals surface area contributed by atoms with Gasteiger partial charge in [-0.15, -0.1) is 0 Å². The first-order chi connectivity index (χ1) is 6.79. The van der Waals surface area contributed by atoms with Crippen molar-refractivity contribution in [3.05, 3.63) is 0 Å². The van der Waals surface area contributed by atoms with Crippen LogP contribution in [0.3, 0.4) is 0 Å². The molecule has 3 unspecified atom stereocenters. The third kappa shape index (κ3) is 2.63. The molecule has 0 spiro atoms. The van der Waals surface area contributed by atoms with E-state index in [0.29, 0.717) is 6.42 Å². The molecule has 1 saturated carbocycles. The van der Waals surface area contributed by atoms with Crippen LogP contribution < -0.4 is 0 Å². The second-order valence-corrected chi connectivity index (χ2v) is 4.29. The van der Waals surface area contributed by atoms with Crippen LogP contribution in [0.5, 0.6) is 0 Å². The molecular weight excluding hydrogens is 207 g/mol. The molecule has 1 fully saturated rings. The maximum Gasteiger partial charge on any atom is 0.391 e. The molecule has 0 aliphatic heterocycles. The van der Waals surface area contributed by atoms with Gasteiger partial charge in [-0.05, 0) is 32.6 Å². The number of nitrogens with zero attached hydrogens (tertiary/aromatic N) is 1. The van der Waals surface area contributed by atoms with Gasteiger partial charge in [-0.25, -0.2) is 0 Å². The second kappa shape index (κ2) is 4.01. The highest BCUT2D eigenvalue weighted by molar-refractivity contribution is 5.00. The Morgan fingerprint density at radius 1 is 1.53 bits per heavy atom. The average molecular weight is 221 g/mol. The lowest BCUT2D eigenvalue weighted by atomic mass is 9.72. The maximum atomic E-state index is 12.5. The Hall–Kier alpha value is -0.760. The molecular formula is C10H14F3NO. The van der Waals surface area contributed by atoms with E-state index in [0.717, 1.165) is 0 Å². The molecule has 0 aromatic carbocycles. The first-order valence-corrected chi connectivity index (χ1v) is 4.98. The van der Waals surface area contributed by atoms with Crippen molar-refractivity contribution in [2.24, 2.45) is 11.8 Å². The Labute approximate surface area is 86.7 Å². The normalized spacial score (nSPS) is 34.5. The number of hydrogen-bond donors (Lipinski definition) is 1. The number of alkyl halides is 3. The van der Waals surface area contributed by atoms with Crippen LogP contribution >= 0.6 is 0 Å². The van der Waals surface area contributed by atoms with Gasteiger partial charge in [0, 0.05) is 0 Å². The standard InChI is InChI=1S/C10H14F3NO/c1-7(6-14)9(15)4-2-3-8(5-9)10(11,12)13/h7-8,15H,2-5H2,1H3. The largest absolute Gasteiger partial charge is 0.391 e. The molecule has 1 aliphatic carbocycles. The Kier molecular flexibility index (Phi) is 3.29. The van der Waals surface area contributed by atoms with Gasteiger partial charge >= 0.3 is 6.18 Å². The highest BCUT2D eigenvalue weighted by Crippen LogP contribution is 2.44. The molecule has 0 heterocycles. The molecule has 0 saturated heterocycles. The van der Waals surface area contributed by atoms with Gasteiger partial charge in [0.2, 0.25) is 0 Å². The third-order valence-electron chi connectivity index (χ3n) is 3.22. The average Bonchev–Trinajstić information content (AvgIpc) is 2.15.